The molecule has 2 aromatic carbocycles. The maximum atomic E-state index is 13.3. The molecule has 2 aromatic rings. The van der Waals surface area contributed by atoms with Gasteiger partial charge in [0.05, 0.1) is 12.0 Å². The molecule has 0 aliphatic heterocycles. The number of nitro groups is 1. The van der Waals surface area contributed by atoms with Gasteiger partial charge in [-0.05, 0) is 18.6 Å². The summed E-state index contributed by atoms with van der Waals surface area (Å²) in [6.45, 7) is 0.500. The molecule has 0 fully saturated rings. The Balaban J connectivity index is 2.00. The van der Waals surface area contributed by atoms with Gasteiger partial charge in [-0.2, -0.15) is 0 Å². The van der Waals surface area contributed by atoms with E-state index in [0.29, 0.717) is 24.2 Å². The van der Waals surface area contributed by atoms with Crippen LogP contribution < -0.4 is 10.1 Å². The van der Waals surface area contributed by atoms with Gasteiger partial charge in [0.1, 0.15) is 0 Å². The molecular formula is C15H15FN2O3. The van der Waals surface area contributed by atoms with Crippen molar-refractivity contribution < 1.29 is 14.1 Å². The molecule has 0 bridgehead atoms. The number of nitrogens with one attached hydrogen (secondary N) is 1. The number of halogens is 1. The van der Waals surface area contributed by atoms with E-state index in [-0.39, 0.29) is 11.4 Å². The molecule has 0 saturated heterocycles. The van der Waals surface area contributed by atoms with Crippen LogP contribution in [0.4, 0.5) is 15.8 Å². The first-order chi connectivity index (χ1) is 10.1. The fourth-order valence-corrected chi connectivity index (χ4v) is 2.01. The molecule has 0 unspecified atom stereocenters. The summed E-state index contributed by atoms with van der Waals surface area (Å²) in [6.07, 6.45) is 0.497. The van der Waals surface area contributed by atoms with Gasteiger partial charge in [0.15, 0.2) is 11.6 Å². The quantitative estimate of drug-likeness (QED) is 0.654. The molecule has 0 aliphatic rings. The Morgan fingerprint density at radius 2 is 2.05 bits per heavy atom. The van der Waals surface area contributed by atoms with Crippen molar-refractivity contribution in [3.8, 4) is 5.75 Å². The summed E-state index contributed by atoms with van der Waals surface area (Å²) in [5.74, 6) is -0.271. The van der Waals surface area contributed by atoms with Crippen LogP contribution in [0.2, 0.25) is 0 Å². The number of ether oxygens (including phenoxy) is 1. The molecule has 0 radical (unpaired) electrons. The topological polar surface area (TPSA) is 64.4 Å². The fraction of sp³-hybridized carbons (Fsp3) is 0.200. The highest BCUT2D eigenvalue weighted by atomic mass is 19.1. The van der Waals surface area contributed by atoms with Crippen LogP contribution in [0.25, 0.3) is 0 Å². The van der Waals surface area contributed by atoms with Crippen molar-refractivity contribution in [1.29, 1.82) is 0 Å². The molecule has 0 aliphatic carbocycles. The summed E-state index contributed by atoms with van der Waals surface area (Å²) in [5, 5.41) is 14.0. The Bertz CT molecular complexity index is 647. The summed E-state index contributed by atoms with van der Waals surface area (Å²) < 4.78 is 18.2. The van der Waals surface area contributed by atoms with Crippen LogP contribution in [0.15, 0.2) is 42.5 Å². The number of nitro benzene ring substituents is 1. The summed E-state index contributed by atoms with van der Waals surface area (Å²) in [5.41, 5.74) is 1.46. The first kappa shape index (κ1) is 14.8. The minimum Gasteiger partial charge on any atom is -0.494 e. The molecule has 21 heavy (non-hydrogen) atoms. The van der Waals surface area contributed by atoms with Crippen molar-refractivity contribution >= 4 is 11.4 Å². The van der Waals surface area contributed by atoms with Crippen molar-refractivity contribution in [2.24, 2.45) is 0 Å². The molecule has 0 amide bonds. The highest BCUT2D eigenvalue weighted by Crippen LogP contribution is 2.22. The van der Waals surface area contributed by atoms with Gasteiger partial charge < -0.3 is 10.1 Å². The zero-order valence-electron chi connectivity index (χ0n) is 11.5. The van der Waals surface area contributed by atoms with Gasteiger partial charge in [0, 0.05) is 29.9 Å². The van der Waals surface area contributed by atoms with Crippen LogP contribution in [-0.4, -0.2) is 18.6 Å². The van der Waals surface area contributed by atoms with Crippen LogP contribution in [0, 0.1) is 15.9 Å². The third kappa shape index (κ3) is 3.68. The molecule has 0 saturated carbocycles. The van der Waals surface area contributed by atoms with E-state index in [4.69, 9.17) is 4.74 Å². The zero-order valence-corrected chi connectivity index (χ0v) is 11.5. The number of anilines is 1. The van der Waals surface area contributed by atoms with Gasteiger partial charge in [0.25, 0.3) is 5.69 Å². The highest BCUT2D eigenvalue weighted by Gasteiger charge is 2.11. The van der Waals surface area contributed by atoms with Crippen LogP contribution in [-0.2, 0) is 6.42 Å². The maximum absolute atomic E-state index is 13.3. The summed E-state index contributed by atoms with van der Waals surface area (Å²) in [6, 6.07) is 11.1. The number of hydrogen-bond donors (Lipinski definition) is 1. The SMILES string of the molecule is COc1cc(NCCc2ccccc2[N+](=O)[O-])ccc1F. The van der Waals surface area contributed by atoms with Gasteiger partial charge in [0.2, 0.25) is 0 Å². The van der Waals surface area contributed by atoms with E-state index in [1.165, 1.54) is 19.2 Å². The lowest BCUT2D eigenvalue weighted by Gasteiger charge is -2.09. The molecule has 1 N–H and O–H groups in total. The minimum absolute atomic E-state index is 0.107. The van der Waals surface area contributed by atoms with E-state index in [1.54, 1.807) is 30.3 Å². The van der Waals surface area contributed by atoms with E-state index >= 15 is 0 Å². The van der Waals surface area contributed by atoms with Crippen molar-refractivity contribution in [1.82, 2.24) is 0 Å². The fourth-order valence-electron chi connectivity index (χ4n) is 2.01. The second-order valence-electron chi connectivity index (χ2n) is 4.41. The number of nitrogens with zero attached hydrogens (tertiary/aromatic N) is 1. The van der Waals surface area contributed by atoms with Crippen LogP contribution in [0.5, 0.6) is 5.75 Å². The van der Waals surface area contributed by atoms with Gasteiger partial charge >= 0.3 is 0 Å². The van der Waals surface area contributed by atoms with Crippen molar-refractivity contribution in [3.05, 3.63) is 64.0 Å². The smallest absolute Gasteiger partial charge is 0.272 e. The zero-order chi connectivity index (χ0) is 15.2. The largest absolute Gasteiger partial charge is 0.494 e. The lowest BCUT2D eigenvalue weighted by Crippen LogP contribution is -2.07. The normalized spacial score (nSPS) is 10.2. The summed E-state index contributed by atoms with van der Waals surface area (Å²) >= 11 is 0. The average molecular weight is 290 g/mol. The minimum atomic E-state index is -0.429. The maximum Gasteiger partial charge on any atom is 0.272 e. The number of hydrogen-bond acceptors (Lipinski definition) is 4. The third-order valence-electron chi connectivity index (χ3n) is 3.06. The first-order valence-electron chi connectivity index (χ1n) is 6.41. The second kappa shape index (κ2) is 6.69. The van der Waals surface area contributed by atoms with Gasteiger partial charge in [-0.1, -0.05) is 18.2 Å². The van der Waals surface area contributed by atoms with E-state index in [0.717, 1.165) is 0 Å². The standard InChI is InChI=1S/C15H15FN2O3/c1-21-15-10-12(6-7-13(15)16)17-9-8-11-4-2-3-5-14(11)18(19)20/h2-7,10,17H,8-9H2,1H3. The molecule has 6 heteroatoms. The summed E-state index contributed by atoms with van der Waals surface area (Å²) in [7, 11) is 1.40. The molecule has 0 aromatic heterocycles. The monoisotopic (exact) mass is 290 g/mol. The van der Waals surface area contributed by atoms with Gasteiger partial charge in [-0.25, -0.2) is 4.39 Å². The van der Waals surface area contributed by atoms with Gasteiger partial charge in [-0.15, -0.1) is 0 Å². The van der Waals surface area contributed by atoms with E-state index in [9.17, 15) is 14.5 Å². The number of methoxy groups -OCH3 is 1. The Morgan fingerprint density at radius 3 is 2.76 bits per heavy atom. The Kier molecular flexibility index (Phi) is 4.71. The summed E-state index contributed by atoms with van der Waals surface area (Å²) in [4.78, 5) is 10.5. The molecule has 2 rings (SSSR count). The third-order valence-corrected chi connectivity index (χ3v) is 3.06. The Hall–Kier alpha value is -2.63. The van der Waals surface area contributed by atoms with Crippen LogP contribution in [0.3, 0.4) is 0 Å². The van der Waals surface area contributed by atoms with Gasteiger partial charge in [-0.3, -0.25) is 10.1 Å². The molecule has 5 nitrogen and oxygen atoms in total. The molecule has 0 spiro atoms. The average Bonchev–Trinajstić information content (AvgIpc) is 2.49. The van der Waals surface area contributed by atoms with Crippen LogP contribution >= 0.6 is 0 Å². The van der Waals surface area contributed by atoms with Crippen molar-refractivity contribution in [2.75, 3.05) is 19.0 Å². The predicted molar refractivity (Wildman–Crippen MR) is 78.2 cm³/mol. The molecule has 0 heterocycles. The molecular weight excluding hydrogens is 275 g/mol. The predicted octanol–water partition coefficient (Wildman–Crippen LogP) is 3.40. The lowest BCUT2D eigenvalue weighted by molar-refractivity contribution is -0.385. The second-order valence-corrected chi connectivity index (χ2v) is 4.41. The number of para-hydroxylation sites is 1. The Morgan fingerprint density at radius 1 is 1.29 bits per heavy atom. The van der Waals surface area contributed by atoms with Crippen molar-refractivity contribution in [2.45, 2.75) is 6.42 Å². The number of benzene rings is 2. The Labute approximate surface area is 121 Å². The van der Waals surface area contributed by atoms with E-state index in [2.05, 4.69) is 5.32 Å². The van der Waals surface area contributed by atoms with E-state index in [1.807, 2.05) is 0 Å². The van der Waals surface area contributed by atoms with E-state index < -0.39 is 10.7 Å². The van der Waals surface area contributed by atoms with Crippen molar-refractivity contribution in [3.63, 3.8) is 0 Å². The molecule has 0 atom stereocenters. The lowest BCUT2D eigenvalue weighted by atomic mass is 10.1. The molecule has 110 valence electrons. The first-order valence-corrected chi connectivity index (χ1v) is 6.41. The number of rotatable bonds is 6. The van der Waals surface area contributed by atoms with Crippen LogP contribution in [0.1, 0.15) is 5.56 Å². The highest BCUT2D eigenvalue weighted by molar-refractivity contribution is 5.49.